The highest BCUT2D eigenvalue weighted by atomic mass is 16.5. The van der Waals surface area contributed by atoms with Crippen LogP contribution in [-0.4, -0.2) is 32.1 Å². The molecule has 138 valence electrons. The van der Waals surface area contributed by atoms with Crippen LogP contribution in [0.2, 0.25) is 0 Å². The molecule has 0 aromatic heterocycles. The molecule has 0 spiro atoms. The second-order valence-corrected chi connectivity index (χ2v) is 6.40. The first-order chi connectivity index (χ1) is 12.8. The van der Waals surface area contributed by atoms with Gasteiger partial charge in [-0.1, -0.05) is 12.1 Å². The first-order valence-corrected chi connectivity index (χ1v) is 9.37. The van der Waals surface area contributed by atoms with Crippen molar-refractivity contribution < 1.29 is 9.53 Å². The van der Waals surface area contributed by atoms with Gasteiger partial charge in [-0.05, 0) is 56.2 Å². The van der Waals surface area contributed by atoms with Crippen molar-refractivity contribution in [3.63, 3.8) is 0 Å². The number of hydrogen-bond acceptors (Lipinski definition) is 4. The van der Waals surface area contributed by atoms with E-state index in [4.69, 9.17) is 4.74 Å². The molecule has 1 heterocycles. The van der Waals surface area contributed by atoms with Gasteiger partial charge in [0.1, 0.15) is 5.75 Å². The largest absolute Gasteiger partial charge is 0.492 e. The van der Waals surface area contributed by atoms with Gasteiger partial charge in [-0.3, -0.25) is 4.79 Å². The molecule has 5 nitrogen and oxygen atoms in total. The lowest BCUT2D eigenvalue weighted by atomic mass is 10.2. The summed E-state index contributed by atoms with van der Waals surface area (Å²) >= 11 is 0. The fourth-order valence-corrected chi connectivity index (χ4v) is 3.16. The normalized spacial score (nSPS) is 13.5. The summed E-state index contributed by atoms with van der Waals surface area (Å²) in [6.45, 7) is 5.38. The van der Waals surface area contributed by atoms with Crippen LogP contribution in [0, 0.1) is 0 Å². The Kier molecular flexibility index (Phi) is 6.36. The summed E-state index contributed by atoms with van der Waals surface area (Å²) in [6, 6.07) is 15.9. The number of hydrogen-bond donors (Lipinski definition) is 2. The summed E-state index contributed by atoms with van der Waals surface area (Å²) < 4.78 is 5.58. The summed E-state index contributed by atoms with van der Waals surface area (Å²) in [5, 5.41) is 6.23. The van der Waals surface area contributed by atoms with Crippen LogP contribution in [0.1, 0.15) is 26.2 Å². The van der Waals surface area contributed by atoms with Crippen molar-refractivity contribution in [2.45, 2.75) is 26.2 Å². The van der Waals surface area contributed by atoms with Crippen molar-refractivity contribution in [2.24, 2.45) is 0 Å². The molecule has 1 fully saturated rings. The molecule has 0 saturated carbocycles. The van der Waals surface area contributed by atoms with E-state index >= 15 is 0 Å². The van der Waals surface area contributed by atoms with Crippen LogP contribution in [0.5, 0.6) is 5.75 Å². The first kappa shape index (κ1) is 18.1. The van der Waals surface area contributed by atoms with Crippen LogP contribution in [0.3, 0.4) is 0 Å². The second-order valence-electron chi connectivity index (χ2n) is 6.40. The minimum atomic E-state index is 0.000290. The molecule has 0 bridgehead atoms. The second kappa shape index (κ2) is 9.13. The maximum Gasteiger partial charge on any atom is 0.226 e. The Morgan fingerprint density at radius 2 is 1.81 bits per heavy atom. The maximum atomic E-state index is 12.2. The van der Waals surface area contributed by atoms with E-state index in [0.717, 1.165) is 30.2 Å². The Bertz CT molecular complexity index is 709. The molecule has 1 aliphatic heterocycles. The topological polar surface area (TPSA) is 53.6 Å². The fraction of sp³-hybridized carbons (Fsp3) is 0.381. The Morgan fingerprint density at radius 1 is 1.08 bits per heavy atom. The van der Waals surface area contributed by atoms with Crippen molar-refractivity contribution in [1.82, 2.24) is 0 Å². The molecule has 3 rings (SSSR count). The van der Waals surface area contributed by atoms with Gasteiger partial charge in [0.25, 0.3) is 0 Å². The summed E-state index contributed by atoms with van der Waals surface area (Å²) in [5.74, 6) is 0.813. The van der Waals surface area contributed by atoms with Crippen LogP contribution < -0.4 is 20.3 Å². The average Bonchev–Trinajstić information content (AvgIpc) is 3.19. The highest BCUT2D eigenvalue weighted by Gasteiger charge is 2.12. The molecular formula is C21H27N3O2. The molecule has 0 unspecified atom stereocenters. The van der Waals surface area contributed by atoms with Crippen molar-refractivity contribution >= 4 is 23.0 Å². The Morgan fingerprint density at radius 3 is 2.54 bits per heavy atom. The number of rotatable bonds is 8. The third-order valence-corrected chi connectivity index (χ3v) is 4.48. The Balaban J connectivity index is 1.45. The molecule has 2 aromatic carbocycles. The zero-order valence-corrected chi connectivity index (χ0v) is 15.3. The lowest BCUT2D eigenvalue weighted by Crippen LogP contribution is -2.18. The van der Waals surface area contributed by atoms with Crippen molar-refractivity contribution in [1.29, 1.82) is 0 Å². The minimum Gasteiger partial charge on any atom is -0.492 e. The summed E-state index contributed by atoms with van der Waals surface area (Å²) in [7, 11) is 0. The Hall–Kier alpha value is -2.69. The van der Waals surface area contributed by atoms with Gasteiger partial charge in [-0.2, -0.15) is 0 Å². The number of nitrogens with one attached hydrogen (secondary N) is 2. The van der Waals surface area contributed by atoms with Crippen LogP contribution in [0.4, 0.5) is 17.1 Å². The van der Waals surface area contributed by atoms with Crippen molar-refractivity contribution in [3.05, 3.63) is 48.5 Å². The van der Waals surface area contributed by atoms with Crippen LogP contribution in [-0.2, 0) is 4.79 Å². The number of amides is 1. The van der Waals surface area contributed by atoms with E-state index in [1.165, 1.54) is 18.5 Å². The monoisotopic (exact) mass is 353 g/mol. The van der Waals surface area contributed by atoms with E-state index in [1.807, 2.05) is 43.3 Å². The molecule has 26 heavy (non-hydrogen) atoms. The predicted octanol–water partition coefficient (Wildman–Crippen LogP) is 4.13. The minimum absolute atomic E-state index is 0.000290. The summed E-state index contributed by atoms with van der Waals surface area (Å²) in [4.78, 5) is 14.5. The van der Waals surface area contributed by atoms with Gasteiger partial charge >= 0.3 is 0 Å². The summed E-state index contributed by atoms with van der Waals surface area (Å²) in [5.41, 5.74) is 2.99. The van der Waals surface area contributed by atoms with Crippen LogP contribution in [0.15, 0.2) is 48.5 Å². The van der Waals surface area contributed by atoms with Crippen molar-refractivity contribution in [2.75, 3.05) is 41.8 Å². The van der Waals surface area contributed by atoms with Crippen LogP contribution in [0.25, 0.3) is 0 Å². The maximum absolute atomic E-state index is 12.2. The smallest absolute Gasteiger partial charge is 0.226 e. The highest BCUT2D eigenvalue weighted by Crippen LogP contribution is 2.24. The SMILES string of the molecule is CCOc1ccccc1NCCC(=O)Nc1ccc(N2CCCC2)cc1. The zero-order chi connectivity index (χ0) is 18.2. The van der Waals surface area contributed by atoms with E-state index in [9.17, 15) is 4.79 Å². The molecular weight excluding hydrogens is 326 g/mol. The standard InChI is InChI=1S/C21H27N3O2/c1-2-26-20-8-4-3-7-19(20)22-14-13-21(25)23-17-9-11-18(12-10-17)24-15-5-6-16-24/h3-4,7-12,22H,2,5-6,13-16H2,1H3,(H,23,25). The number of ether oxygens (including phenoxy) is 1. The van der Waals surface area contributed by atoms with E-state index in [0.29, 0.717) is 19.6 Å². The van der Waals surface area contributed by atoms with Gasteiger partial charge in [0.05, 0.1) is 12.3 Å². The van der Waals surface area contributed by atoms with Gasteiger partial charge in [0, 0.05) is 37.4 Å². The van der Waals surface area contributed by atoms with Gasteiger partial charge in [0.15, 0.2) is 0 Å². The third kappa shape index (κ3) is 4.91. The lowest BCUT2D eigenvalue weighted by Gasteiger charge is -2.17. The number of nitrogens with zero attached hydrogens (tertiary/aromatic N) is 1. The molecule has 0 atom stereocenters. The van der Waals surface area contributed by atoms with Gasteiger partial charge in [-0.25, -0.2) is 0 Å². The molecule has 2 aromatic rings. The van der Waals surface area contributed by atoms with E-state index < -0.39 is 0 Å². The molecule has 0 radical (unpaired) electrons. The summed E-state index contributed by atoms with van der Waals surface area (Å²) in [6.07, 6.45) is 2.92. The molecule has 1 saturated heterocycles. The van der Waals surface area contributed by atoms with E-state index in [1.54, 1.807) is 0 Å². The highest BCUT2D eigenvalue weighted by molar-refractivity contribution is 5.91. The van der Waals surface area contributed by atoms with Gasteiger partial charge in [0.2, 0.25) is 5.91 Å². The molecule has 1 amide bonds. The molecule has 1 aliphatic rings. The number of para-hydroxylation sites is 2. The van der Waals surface area contributed by atoms with Gasteiger partial charge in [-0.15, -0.1) is 0 Å². The fourth-order valence-electron chi connectivity index (χ4n) is 3.16. The number of carbonyl (C=O) groups is 1. The number of anilines is 3. The van der Waals surface area contributed by atoms with E-state index in [2.05, 4.69) is 27.7 Å². The molecule has 0 aliphatic carbocycles. The number of carbonyl (C=O) groups excluding carboxylic acids is 1. The number of benzene rings is 2. The Labute approximate surface area is 155 Å². The van der Waals surface area contributed by atoms with Crippen molar-refractivity contribution in [3.8, 4) is 5.75 Å². The quantitative estimate of drug-likeness (QED) is 0.749. The zero-order valence-electron chi connectivity index (χ0n) is 15.3. The predicted molar refractivity (Wildman–Crippen MR) is 107 cm³/mol. The molecule has 2 N–H and O–H groups in total. The van der Waals surface area contributed by atoms with E-state index in [-0.39, 0.29) is 5.91 Å². The van der Waals surface area contributed by atoms with Crippen LogP contribution >= 0.6 is 0 Å². The molecule has 5 heteroatoms. The third-order valence-electron chi connectivity index (χ3n) is 4.48. The first-order valence-electron chi connectivity index (χ1n) is 9.37. The lowest BCUT2D eigenvalue weighted by molar-refractivity contribution is -0.115. The van der Waals surface area contributed by atoms with Gasteiger partial charge < -0.3 is 20.3 Å². The average molecular weight is 353 g/mol.